The number of para-hydroxylation sites is 1. The fourth-order valence-electron chi connectivity index (χ4n) is 2.91. The lowest BCUT2D eigenvalue weighted by Gasteiger charge is -2.26. The van der Waals surface area contributed by atoms with Crippen LogP contribution in [0.4, 0.5) is 4.79 Å². The van der Waals surface area contributed by atoms with E-state index in [4.69, 9.17) is 4.74 Å². The summed E-state index contributed by atoms with van der Waals surface area (Å²) in [4.78, 5) is 25.4. The Kier molecular flexibility index (Phi) is 3.55. The monoisotopic (exact) mass is 316 g/mol. The summed E-state index contributed by atoms with van der Waals surface area (Å²) < 4.78 is 7.36. The highest BCUT2D eigenvalue weighted by molar-refractivity contribution is 6.04. The van der Waals surface area contributed by atoms with Gasteiger partial charge in [-0.1, -0.05) is 18.2 Å². The average molecular weight is 316 g/mol. The molecule has 2 aromatic rings. The molecule has 0 radical (unpaired) electrons. The summed E-state index contributed by atoms with van der Waals surface area (Å²) >= 11 is 0. The first kappa shape index (κ1) is 15.4. The summed E-state index contributed by atoms with van der Waals surface area (Å²) in [5.74, 6) is -0.935. The minimum absolute atomic E-state index is 0.299. The number of carboxylic acid groups (broad SMARTS) is 1. The molecule has 0 bridgehead atoms. The van der Waals surface area contributed by atoms with Crippen LogP contribution in [0.1, 0.15) is 36.7 Å². The maximum Gasteiger partial charge on any atom is 0.410 e. The van der Waals surface area contributed by atoms with Crippen LogP contribution in [0.5, 0.6) is 0 Å². The molecule has 122 valence electrons. The number of benzene rings is 1. The molecule has 0 fully saturated rings. The Hall–Kier alpha value is -2.50. The topological polar surface area (TPSA) is 71.8 Å². The van der Waals surface area contributed by atoms with E-state index in [0.29, 0.717) is 30.6 Å². The van der Waals surface area contributed by atoms with Gasteiger partial charge in [0.05, 0.1) is 17.6 Å². The van der Waals surface area contributed by atoms with Gasteiger partial charge in [0, 0.05) is 24.7 Å². The number of hydrogen-bond acceptors (Lipinski definition) is 3. The van der Waals surface area contributed by atoms with Crippen molar-refractivity contribution in [3.63, 3.8) is 0 Å². The van der Waals surface area contributed by atoms with Gasteiger partial charge in [-0.05, 0) is 26.3 Å². The van der Waals surface area contributed by atoms with Crippen LogP contribution in [0.15, 0.2) is 24.4 Å². The van der Waals surface area contributed by atoms with Crippen LogP contribution in [0.2, 0.25) is 0 Å². The molecule has 0 spiro atoms. The molecule has 6 heteroatoms. The van der Waals surface area contributed by atoms with E-state index in [1.54, 1.807) is 11.1 Å². The first-order chi connectivity index (χ1) is 10.8. The van der Waals surface area contributed by atoms with E-state index in [1.807, 2.05) is 43.5 Å². The predicted octanol–water partition coefficient (Wildman–Crippen LogP) is 3.09. The maximum absolute atomic E-state index is 12.3. The van der Waals surface area contributed by atoms with Crippen LogP contribution in [0.3, 0.4) is 0 Å². The number of hydrogen-bond donors (Lipinski definition) is 1. The molecular weight excluding hydrogens is 296 g/mol. The summed E-state index contributed by atoms with van der Waals surface area (Å²) in [5.41, 5.74) is 1.57. The van der Waals surface area contributed by atoms with Crippen molar-refractivity contribution in [1.29, 1.82) is 0 Å². The Morgan fingerprint density at radius 2 is 1.96 bits per heavy atom. The molecule has 1 aromatic carbocycles. The lowest BCUT2D eigenvalue weighted by molar-refractivity contribution is 0.0232. The Balaban J connectivity index is 1.98. The quantitative estimate of drug-likeness (QED) is 0.877. The number of aromatic carboxylic acids is 1. The zero-order valence-corrected chi connectivity index (χ0v) is 13.5. The molecule has 3 rings (SSSR count). The van der Waals surface area contributed by atoms with Crippen LogP contribution < -0.4 is 0 Å². The zero-order valence-electron chi connectivity index (χ0n) is 13.5. The number of carboxylic acids is 1. The molecule has 0 saturated heterocycles. The molecular formula is C17H20N2O4. The third-order valence-corrected chi connectivity index (χ3v) is 3.84. The van der Waals surface area contributed by atoms with Crippen molar-refractivity contribution in [2.24, 2.45) is 0 Å². The van der Waals surface area contributed by atoms with Crippen molar-refractivity contribution in [1.82, 2.24) is 9.47 Å². The van der Waals surface area contributed by atoms with Gasteiger partial charge in [-0.25, -0.2) is 9.59 Å². The van der Waals surface area contributed by atoms with Gasteiger partial charge >= 0.3 is 12.1 Å². The van der Waals surface area contributed by atoms with E-state index in [2.05, 4.69) is 0 Å². The number of aromatic nitrogens is 1. The summed E-state index contributed by atoms with van der Waals surface area (Å²) in [6.45, 7) is 6.95. The largest absolute Gasteiger partial charge is 0.478 e. The number of carbonyl (C=O) groups is 2. The number of ether oxygens (including phenoxy) is 1. The van der Waals surface area contributed by atoms with Gasteiger partial charge in [-0.2, -0.15) is 0 Å². The third-order valence-electron chi connectivity index (χ3n) is 3.84. The smallest absolute Gasteiger partial charge is 0.410 e. The normalized spacial score (nSPS) is 14.7. The summed E-state index contributed by atoms with van der Waals surface area (Å²) in [7, 11) is 0. The summed E-state index contributed by atoms with van der Waals surface area (Å²) in [6.07, 6.45) is 1.30. The van der Waals surface area contributed by atoms with Crippen molar-refractivity contribution >= 4 is 23.0 Å². The average Bonchev–Trinajstić information content (AvgIpc) is 2.70. The van der Waals surface area contributed by atoms with Gasteiger partial charge in [0.15, 0.2) is 0 Å². The molecule has 0 atom stereocenters. The number of nitrogens with zero attached hydrogens (tertiary/aromatic N) is 2. The van der Waals surface area contributed by atoms with Gasteiger partial charge in [0.25, 0.3) is 0 Å². The Labute approximate surface area is 134 Å². The molecule has 1 amide bonds. The van der Waals surface area contributed by atoms with Crippen molar-refractivity contribution in [3.05, 3.63) is 35.5 Å². The van der Waals surface area contributed by atoms with Crippen molar-refractivity contribution < 1.29 is 19.4 Å². The van der Waals surface area contributed by atoms with Crippen LogP contribution in [0.25, 0.3) is 10.9 Å². The van der Waals surface area contributed by atoms with Crippen LogP contribution in [-0.4, -0.2) is 38.8 Å². The molecule has 0 unspecified atom stereocenters. The highest BCUT2D eigenvalue weighted by Gasteiger charge is 2.26. The van der Waals surface area contributed by atoms with Gasteiger partial charge in [0.2, 0.25) is 0 Å². The lowest BCUT2D eigenvalue weighted by Crippen LogP contribution is -2.37. The molecule has 6 nitrogen and oxygen atoms in total. The second-order valence-electron chi connectivity index (χ2n) is 6.76. The van der Waals surface area contributed by atoms with Crippen molar-refractivity contribution in [3.8, 4) is 0 Å². The Morgan fingerprint density at radius 1 is 1.22 bits per heavy atom. The molecule has 1 aliphatic heterocycles. The molecule has 1 N–H and O–H groups in total. The molecule has 1 aromatic heterocycles. The minimum atomic E-state index is -0.935. The van der Waals surface area contributed by atoms with Gasteiger partial charge < -0.3 is 19.3 Å². The minimum Gasteiger partial charge on any atom is -0.478 e. The van der Waals surface area contributed by atoms with E-state index in [-0.39, 0.29) is 6.09 Å². The van der Waals surface area contributed by atoms with E-state index in [9.17, 15) is 14.7 Å². The Morgan fingerprint density at radius 3 is 2.61 bits per heavy atom. The molecule has 1 aliphatic rings. The van der Waals surface area contributed by atoms with Crippen LogP contribution >= 0.6 is 0 Å². The van der Waals surface area contributed by atoms with E-state index >= 15 is 0 Å². The van der Waals surface area contributed by atoms with E-state index < -0.39 is 11.6 Å². The molecule has 2 heterocycles. The standard InChI is InChI=1S/C17H20N2O4/c1-17(2,3)23-16(22)19-8-7-18-10-13(15(20)21)12-6-4-5-11(9-19)14(12)18/h4-6,10H,7-9H2,1-3H3,(H,20,21). The Bertz CT molecular complexity index is 786. The molecule has 0 saturated carbocycles. The second kappa shape index (κ2) is 5.30. The lowest BCUT2D eigenvalue weighted by atomic mass is 10.1. The first-order valence-electron chi connectivity index (χ1n) is 7.58. The van der Waals surface area contributed by atoms with Gasteiger partial charge in [-0.15, -0.1) is 0 Å². The number of rotatable bonds is 1. The summed E-state index contributed by atoms with van der Waals surface area (Å²) in [5, 5.41) is 10.1. The second-order valence-corrected chi connectivity index (χ2v) is 6.76. The van der Waals surface area contributed by atoms with Gasteiger partial charge in [0.1, 0.15) is 5.60 Å². The number of amides is 1. The highest BCUT2D eigenvalue weighted by Crippen LogP contribution is 2.28. The van der Waals surface area contributed by atoms with E-state index in [0.717, 1.165) is 11.1 Å². The third kappa shape index (κ3) is 2.88. The van der Waals surface area contributed by atoms with Crippen molar-refractivity contribution in [2.75, 3.05) is 6.54 Å². The maximum atomic E-state index is 12.3. The van der Waals surface area contributed by atoms with Gasteiger partial charge in [-0.3, -0.25) is 0 Å². The molecule has 23 heavy (non-hydrogen) atoms. The SMILES string of the molecule is CC(C)(C)OC(=O)N1CCn2cc(C(=O)O)c3cccc(c32)C1. The molecule has 0 aliphatic carbocycles. The predicted molar refractivity (Wildman–Crippen MR) is 85.5 cm³/mol. The van der Waals surface area contributed by atoms with Crippen LogP contribution in [0, 0.1) is 0 Å². The van der Waals surface area contributed by atoms with Crippen molar-refractivity contribution in [2.45, 2.75) is 39.5 Å². The zero-order chi connectivity index (χ0) is 16.8. The fraction of sp³-hybridized carbons (Fsp3) is 0.412. The highest BCUT2D eigenvalue weighted by atomic mass is 16.6. The van der Waals surface area contributed by atoms with E-state index in [1.165, 1.54) is 0 Å². The number of carbonyl (C=O) groups excluding carboxylic acids is 1. The summed E-state index contributed by atoms with van der Waals surface area (Å²) in [6, 6.07) is 5.56. The fourth-order valence-corrected chi connectivity index (χ4v) is 2.91. The van der Waals surface area contributed by atoms with Crippen LogP contribution in [-0.2, 0) is 17.8 Å². The first-order valence-corrected chi connectivity index (χ1v) is 7.58.